The van der Waals surface area contributed by atoms with E-state index in [4.69, 9.17) is 10.5 Å². The molecule has 1 aliphatic rings. The van der Waals surface area contributed by atoms with Gasteiger partial charge in [0.05, 0.1) is 18.4 Å². The molecular formula is C15H23N3O2. The summed E-state index contributed by atoms with van der Waals surface area (Å²) in [5.41, 5.74) is 6.92. The number of carbonyl (C=O) groups excluding carboxylic acids is 1. The molecule has 1 aromatic carbocycles. The molecule has 1 atom stereocenters. The largest absolute Gasteiger partial charge is 0.494 e. The molecule has 0 saturated carbocycles. The summed E-state index contributed by atoms with van der Waals surface area (Å²) in [5.74, 6) is 0.477. The fourth-order valence-corrected chi connectivity index (χ4v) is 2.69. The van der Waals surface area contributed by atoms with Crippen molar-refractivity contribution < 1.29 is 9.53 Å². The number of amides is 1. The highest BCUT2D eigenvalue weighted by molar-refractivity contribution is 5.98. The van der Waals surface area contributed by atoms with Gasteiger partial charge in [0.15, 0.2) is 5.75 Å². The third kappa shape index (κ3) is 2.72. The molecule has 0 aromatic heterocycles. The lowest BCUT2D eigenvalue weighted by molar-refractivity contribution is 0.0539. The van der Waals surface area contributed by atoms with Crippen LogP contribution in [0.25, 0.3) is 0 Å². The van der Waals surface area contributed by atoms with Gasteiger partial charge in [0, 0.05) is 25.7 Å². The van der Waals surface area contributed by atoms with E-state index in [0.717, 1.165) is 26.1 Å². The Balaban J connectivity index is 2.22. The second-order valence-corrected chi connectivity index (χ2v) is 5.22. The number of nitrogens with zero attached hydrogens (tertiary/aromatic N) is 2. The minimum atomic E-state index is 0.000648. The first kappa shape index (κ1) is 14.7. The maximum atomic E-state index is 12.7. The molecule has 5 heteroatoms. The fraction of sp³-hybridized carbons (Fsp3) is 0.533. The van der Waals surface area contributed by atoms with Crippen molar-refractivity contribution in [3.05, 3.63) is 23.8 Å². The Morgan fingerprint density at radius 3 is 2.85 bits per heavy atom. The minimum Gasteiger partial charge on any atom is -0.494 e. The average molecular weight is 277 g/mol. The van der Waals surface area contributed by atoms with Crippen LogP contribution in [0, 0.1) is 0 Å². The van der Waals surface area contributed by atoms with Crippen molar-refractivity contribution in [2.75, 3.05) is 39.5 Å². The zero-order valence-corrected chi connectivity index (χ0v) is 12.4. The number of carbonyl (C=O) groups is 1. The number of para-hydroxylation sites is 1. The second kappa shape index (κ2) is 6.13. The first-order valence-corrected chi connectivity index (χ1v) is 7.00. The molecule has 2 rings (SSSR count). The van der Waals surface area contributed by atoms with Gasteiger partial charge in [-0.3, -0.25) is 9.69 Å². The normalized spacial score (nSPS) is 19.9. The molecule has 20 heavy (non-hydrogen) atoms. The number of anilines is 1. The number of nitrogens with two attached hydrogens (primary N) is 1. The van der Waals surface area contributed by atoms with Crippen molar-refractivity contribution in [2.45, 2.75) is 19.4 Å². The quantitative estimate of drug-likeness (QED) is 0.849. The van der Waals surface area contributed by atoms with Crippen LogP contribution in [0.1, 0.15) is 23.7 Å². The van der Waals surface area contributed by atoms with Crippen molar-refractivity contribution in [1.82, 2.24) is 9.80 Å². The molecule has 2 N–H and O–H groups in total. The number of ether oxygens (including phenoxy) is 1. The number of rotatable bonds is 3. The Labute approximate surface area is 120 Å². The van der Waals surface area contributed by atoms with Crippen molar-refractivity contribution in [2.24, 2.45) is 0 Å². The molecule has 1 saturated heterocycles. The van der Waals surface area contributed by atoms with E-state index >= 15 is 0 Å². The predicted molar refractivity (Wildman–Crippen MR) is 80.0 cm³/mol. The predicted octanol–water partition coefficient (Wildman–Crippen LogP) is 1.44. The lowest BCUT2D eigenvalue weighted by Crippen LogP contribution is -2.53. The Morgan fingerprint density at radius 1 is 1.45 bits per heavy atom. The van der Waals surface area contributed by atoms with Crippen LogP contribution >= 0.6 is 0 Å². The van der Waals surface area contributed by atoms with Gasteiger partial charge in [-0.05, 0) is 25.6 Å². The van der Waals surface area contributed by atoms with Crippen LogP contribution in [0.4, 0.5) is 5.69 Å². The summed E-state index contributed by atoms with van der Waals surface area (Å²) in [6.45, 7) is 4.54. The number of piperazine rings is 1. The average Bonchev–Trinajstić information content (AvgIpc) is 2.46. The zero-order valence-electron chi connectivity index (χ0n) is 12.4. The van der Waals surface area contributed by atoms with Crippen LogP contribution in [0.5, 0.6) is 5.75 Å². The van der Waals surface area contributed by atoms with E-state index in [-0.39, 0.29) is 5.91 Å². The molecule has 1 aromatic rings. The van der Waals surface area contributed by atoms with Crippen molar-refractivity contribution in [3.8, 4) is 5.75 Å². The zero-order chi connectivity index (χ0) is 14.7. The van der Waals surface area contributed by atoms with Crippen LogP contribution in [0.3, 0.4) is 0 Å². The summed E-state index contributed by atoms with van der Waals surface area (Å²) in [6, 6.07) is 5.73. The molecule has 0 aliphatic carbocycles. The molecule has 1 amide bonds. The number of likely N-dealkylation sites (N-methyl/N-ethyl adjacent to an activating group) is 1. The topological polar surface area (TPSA) is 58.8 Å². The number of hydrogen-bond acceptors (Lipinski definition) is 4. The van der Waals surface area contributed by atoms with Crippen LogP contribution in [-0.4, -0.2) is 55.5 Å². The highest BCUT2D eigenvalue weighted by atomic mass is 16.5. The fourth-order valence-electron chi connectivity index (χ4n) is 2.69. The van der Waals surface area contributed by atoms with E-state index in [1.807, 2.05) is 4.90 Å². The van der Waals surface area contributed by atoms with Crippen molar-refractivity contribution in [1.29, 1.82) is 0 Å². The molecule has 1 fully saturated rings. The smallest absolute Gasteiger partial charge is 0.257 e. The Hall–Kier alpha value is -1.75. The number of hydrogen-bond donors (Lipinski definition) is 1. The number of methoxy groups -OCH3 is 1. The maximum absolute atomic E-state index is 12.7. The summed E-state index contributed by atoms with van der Waals surface area (Å²) in [4.78, 5) is 16.9. The molecule has 1 heterocycles. The van der Waals surface area contributed by atoms with E-state index < -0.39 is 0 Å². The minimum absolute atomic E-state index is 0.000648. The highest BCUT2D eigenvalue weighted by Gasteiger charge is 2.28. The van der Waals surface area contributed by atoms with Crippen LogP contribution < -0.4 is 10.5 Å². The van der Waals surface area contributed by atoms with E-state index in [1.165, 1.54) is 0 Å². The summed E-state index contributed by atoms with van der Waals surface area (Å²) >= 11 is 0. The first-order chi connectivity index (χ1) is 9.58. The van der Waals surface area contributed by atoms with Crippen LogP contribution in [-0.2, 0) is 0 Å². The van der Waals surface area contributed by atoms with Gasteiger partial charge in [-0.25, -0.2) is 0 Å². The molecule has 5 nitrogen and oxygen atoms in total. The van der Waals surface area contributed by atoms with Crippen LogP contribution in [0.15, 0.2) is 18.2 Å². The van der Waals surface area contributed by atoms with Gasteiger partial charge in [-0.2, -0.15) is 0 Å². The molecule has 110 valence electrons. The summed E-state index contributed by atoms with van der Waals surface area (Å²) in [6.07, 6.45) is 1.04. The Bertz CT molecular complexity index is 490. The Morgan fingerprint density at radius 2 is 2.20 bits per heavy atom. The number of benzene rings is 1. The molecule has 0 bridgehead atoms. The van der Waals surface area contributed by atoms with Gasteiger partial charge in [0.2, 0.25) is 0 Å². The van der Waals surface area contributed by atoms with Gasteiger partial charge >= 0.3 is 0 Å². The van der Waals surface area contributed by atoms with Gasteiger partial charge in [0.25, 0.3) is 5.91 Å². The third-order valence-corrected chi connectivity index (χ3v) is 4.02. The SMILES string of the molecule is CCC1CN(C(=O)c2cccc(N)c2OC)CCN1C. The van der Waals surface area contributed by atoms with E-state index in [0.29, 0.717) is 23.0 Å². The van der Waals surface area contributed by atoms with E-state index in [9.17, 15) is 4.79 Å². The standard InChI is InChI=1S/C15H23N3O2/c1-4-11-10-18(9-8-17(11)2)15(19)12-6-5-7-13(16)14(12)20-3/h5-7,11H,4,8-10,16H2,1-3H3. The maximum Gasteiger partial charge on any atom is 0.257 e. The lowest BCUT2D eigenvalue weighted by Gasteiger charge is -2.39. The van der Waals surface area contributed by atoms with Crippen LogP contribution in [0.2, 0.25) is 0 Å². The van der Waals surface area contributed by atoms with Gasteiger partial charge < -0.3 is 15.4 Å². The molecular weight excluding hydrogens is 254 g/mol. The molecule has 1 aliphatic heterocycles. The molecule has 0 radical (unpaired) electrons. The summed E-state index contributed by atoms with van der Waals surface area (Å²) in [7, 11) is 3.65. The van der Waals surface area contributed by atoms with Crippen molar-refractivity contribution >= 4 is 11.6 Å². The highest BCUT2D eigenvalue weighted by Crippen LogP contribution is 2.27. The number of nitrogen functional groups attached to an aromatic ring is 1. The van der Waals surface area contributed by atoms with Gasteiger partial charge in [0.1, 0.15) is 0 Å². The van der Waals surface area contributed by atoms with Gasteiger partial charge in [-0.15, -0.1) is 0 Å². The first-order valence-electron chi connectivity index (χ1n) is 7.00. The third-order valence-electron chi connectivity index (χ3n) is 4.02. The van der Waals surface area contributed by atoms with Crippen molar-refractivity contribution in [3.63, 3.8) is 0 Å². The van der Waals surface area contributed by atoms with E-state index in [2.05, 4.69) is 18.9 Å². The molecule has 0 spiro atoms. The lowest BCUT2D eigenvalue weighted by atomic mass is 10.1. The van der Waals surface area contributed by atoms with Gasteiger partial charge in [-0.1, -0.05) is 13.0 Å². The monoisotopic (exact) mass is 277 g/mol. The van der Waals surface area contributed by atoms with E-state index in [1.54, 1.807) is 25.3 Å². The summed E-state index contributed by atoms with van der Waals surface area (Å²) < 4.78 is 5.28. The second-order valence-electron chi connectivity index (χ2n) is 5.22. The summed E-state index contributed by atoms with van der Waals surface area (Å²) in [5, 5.41) is 0. The molecule has 1 unspecified atom stereocenters. The Kier molecular flexibility index (Phi) is 4.49.